The van der Waals surface area contributed by atoms with E-state index in [9.17, 15) is 0 Å². The largest absolute Gasteiger partial charge is 0.324 e. The Morgan fingerprint density at radius 3 is 2.32 bits per heavy atom. The van der Waals surface area contributed by atoms with Crippen molar-refractivity contribution in [2.75, 3.05) is 0 Å². The normalized spacial score (nSPS) is 12.3. The molecular weight excluding hydrogens is 422 g/mol. The number of hydrogen-bond acceptors (Lipinski definition) is 6. The van der Waals surface area contributed by atoms with Gasteiger partial charge in [0.1, 0.15) is 0 Å². The van der Waals surface area contributed by atoms with Crippen molar-refractivity contribution in [3.05, 3.63) is 97.0 Å². The van der Waals surface area contributed by atoms with Crippen LogP contribution >= 0.6 is 0 Å². The minimum atomic E-state index is -0.0174. The summed E-state index contributed by atoms with van der Waals surface area (Å²) in [6, 6.07) is 24.4. The van der Waals surface area contributed by atoms with Crippen LogP contribution in [-0.2, 0) is 0 Å². The first-order valence-corrected chi connectivity index (χ1v) is 11.1. The number of fused-ring (bicyclic) bond motifs is 3. The average Bonchev–Trinajstić information content (AvgIpc) is 3.34. The van der Waals surface area contributed by atoms with Crippen molar-refractivity contribution in [2.24, 2.45) is 5.73 Å². The topological polar surface area (TPSA) is 94.9 Å². The van der Waals surface area contributed by atoms with Gasteiger partial charge in [-0.05, 0) is 36.2 Å². The zero-order valence-corrected chi connectivity index (χ0v) is 18.5. The van der Waals surface area contributed by atoms with Crippen molar-refractivity contribution >= 4 is 16.6 Å². The molecule has 1 atom stereocenters. The molecule has 6 aromatic rings. The summed E-state index contributed by atoms with van der Waals surface area (Å²) in [6.45, 7) is 1.98. The summed E-state index contributed by atoms with van der Waals surface area (Å²) in [5, 5.41) is 9.75. The Morgan fingerprint density at radius 1 is 0.824 bits per heavy atom. The monoisotopic (exact) mass is 443 g/mol. The molecule has 0 amide bonds. The van der Waals surface area contributed by atoms with E-state index in [2.05, 4.69) is 62.6 Å². The molecule has 0 radical (unpaired) electrons. The molecule has 6 rings (SSSR count). The van der Waals surface area contributed by atoms with Gasteiger partial charge in [0.05, 0.1) is 11.2 Å². The Bertz CT molecular complexity index is 1610. The van der Waals surface area contributed by atoms with E-state index in [0.29, 0.717) is 17.3 Å². The van der Waals surface area contributed by atoms with E-state index in [1.54, 1.807) is 18.5 Å². The van der Waals surface area contributed by atoms with Crippen molar-refractivity contribution in [1.82, 2.24) is 29.5 Å². The zero-order valence-electron chi connectivity index (χ0n) is 18.5. The highest BCUT2D eigenvalue weighted by Gasteiger charge is 2.17. The Kier molecular flexibility index (Phi) is 4.82. The predicted octanol–water partition coefficient (Wildman–Crippen LogP) is 5.09. The molecule has 0 aliphatic carbocycles. The SMILES string of the molecule is C[C@@H](N)c1ccc(-c2nc3ccn4c(-c5ncccn5)nnc4c3cc2-c2ccccc2)cc1. The van der Waals surface area contributed by atoms with Gasteiger partial charge in [-0.3, -0.25) is 4.40 Å². The second-order valence-corrected chi connectivity index (χ2v) is 8.20. The maximum absolute atomic E-state index is 6.05. The third kappa shape index (κ3) is 3.39. The van der Waals surface area contributed by atoms with E-state index in [-0.39, 0.29) is 6.04 Å². The number of hydrogen-bond donors (Lipinski definition) is 1. The number of pyridine rings is 2. The van der Waals surface area contributed by atoms with E-state index < -0.39 is 0 Å². The number of benzene rings is 2. The van der Waals surface area contributed by atoms with Crippen molar-refractivity contribution in [1.29, 1.82) is 0 Å². The van der Waals surface area contributed by atoms with Crippen LogP contribution in [0.5, 0.6) is 0 Å². The molecule has 0 aliphatic heterocycles. The quantitative estimate of drug-likeness (QED) is 0.408. The van der Waals surface area contributed by atoms with Crippen LogP contribution in [0, 0.1) is 0 Å². The highest BCUT2D eigenvalue weighted by atomic mass is 15.3. The summed E-state index contributed by atoms with van der Waals surface area (Å²) in [5.41, 5.74) is 12.7. The van der Waals surface area contributed by atoms with Gasteiger partial charge in [0.25, 0.3) is 0 Å². The molecule has 2 N–H and O–H groups in total. The molecule has 164 valence electrons. The minimum Gasteiger partial charge on any atom is -0.324 e. The zero-order chi connectivity index (χ0) is 23.1. The Balaban J connectivity index is 1.60. The highest BCUT2D eigenvalue weighted by molar-refractivity contribution is 5.98. The number of nitrogens with two attached hydrogens (primary N) is 1. The minimum absolute atomic E-state index is 0.0174. The average molecular weight is 444 g/mol. The highest BCUT2D eigenvalue weighted by Crippen LogP contribution is 2.35. The van der Waals surface area contributed by atoms with Gasteiger partial charge in [-0.15, -0.1) is 10.2 Å². The standard InChI is InChI=1S/C27H21N7/c1-17(28)18-8-10-20(11-9-18)24-21(19-6-3-2-4-7-19)16-22-23(31-24)12-15-34-26(22)32-33-27(34)25-29-13-5-14-30-25/h2-17H,28H2,1H3/t17-/m1/s1. The molecular formula is C27H21N7. The van der Waals surface area contributed by atoms with Crippen LogP contribution in [0.4, 0.5) is 0 Å². The molecule has 7 nitrogen and oxygen atoms in total. The molecule has 0 spiro atoms. The Morgan fingerprint density at radius 2 is 1.59 bits per heavy atom. The fourth-order valence-corrected chi connectivity index (χ4v) is 4.16. The second-order valence-electron chi connectivity index (χ2n) is 8.20. The van der Waals surface area contributed by atoms with Crippen LogP contribution in [0.2, 0.25) is 0 Å². The molecule has 0 aliphatic rings. The predicted molar refractivity (Wildman–Crippen MR) is 133 cm³/mol. The van der Waals surface area contributed by atoms with E-state index in [0.717, 1.165) is 38.9 Å². The molecule has 0 saturated carbocycles. The van der Waals surface area contributed by atoms with E-state index in [4.69, 9.17) is 10.7 Å². The van der Waals surface area contributed by atoms with Gasteiger partial charge in [-0.25, -0.2) is 15.0 Å². The molecule has 7 heteroatoms. The van der Waals surface area contributed by atoms with Crippen LogP contribution in [0.3, 0.4) is 0 Å². The summed E-state index contributed by atoms with van der Waals surface area (Å²) in [4.78, 5) is 13.7. The van der Waals surface area contributed by atoms with E-state index in [1.165, 1.54) is 0 Å². The molecule has 34 heavy (non-hydrogen) atoms. The summed E-state index contributed by atoms with van der Waals surface area (Å²) in [6.07, 6.45) is 5.31. The first kappa shape index (κ1) is 20.1. The molecule has 0 unspecified atom stereocenters. The smallest absolute Gasteiger partial charge is 0.206 e. The fourth-order valence-electron chi connectivity index (χ4n) is 4.16. The van der Waals surface area contributed by atoms with Gasteiger partial charge in [-0.2, -0.15) is 0 Å². The lowest BCUT2D eigenvalue weighted by atomic mass is 9.96. The summed E-state index contributed by atoms with van der Waals surface area (Å²) < 4.78 is 1.91. The summed E-state index contributed by atoms with van der Waals surface area (Å²) >= 11 is 0. The van der Waals surface area contributed by atoms with Gasteiger partial charge < -0.3 is 5.73 Å². The summed E-state index contributed by atoms with van der Waals surface area (Å²) in [7, 11) is 0. The third-order valence-electron chi connectivity index (χ3n) is 5.93. The van der Waals surface area contributed by atoms with E-state index in [1.807, 2.05) is 41.8 Å². The molecule has 0 saturated heterocycles. The Labute approximate surface area is 196 Å². The van der Waals surface area contributed by atoms with Crippen molar-refractivity contribution < 1.29 is 0 Å². The van der Waals surface area contributed by atoms with Gasteiger partial charge in [0, 0.05) is 41.1 Å². The van der Waals surface area contributed by atoms with Gasteiger partial charge in [-0.1, -0.05) is 54.6 Å². The third-order valence-corrected chi connectivity index (χ3v) is 5.93. The maximum Gasteiger partial charge on any atom is 0.206 e. The van der Waals surface area contributed by atoms with Crippen molar-refractivity contribution in [3.8, 4) is 34.0 Å². The molecule has 0 bridgehead atoms. The first-order chi connectivity index (χ1) is 16.7. The maximum atomic E-state index is 6.05. The van der Waals surface area contributed by atoms with Crippen molar-refractivity contribution in [2.45, 2.75) is 13.0 Å². The lowest BCUT2D eigenvalue weighted by Gasteiger charge is -2.13. The Hall–Kier alpha value is -4.49. The van der Waals surface area contributed by atoms with Gasteiger partial charge in [0.2, 0.25) is 5.82 Å². The van der Waals surface area contributed by atoms with Gasteiger partial charge in [0.15, 0.2) is 11.5 Å². The van der Waals surface area contributed by atoms with Crippen LogP contribution in [0.15, 0.2) is 91.4 Å². The first-order valence-electron chi connectivity index (χ1n) is 11.1. The van der Waals surface area contributed by atoms with Crippen LogP contribution in [0.1, 0.15) is 18.5 Å². The van der Waals surface area contributed by atoms with Crippen molar-refractivity contribution in [3.63, 3.8) is 0 Å². The molecule has 4 aromatic heterocycles. The van der Waals surface area contributed by atoms with E-state index >= 15 is 0 Å². The van der Waals surface area contributed by atoms with Crippen LogP contribution < -0.4 is 5.73 Å². The van der Waals surface area contributed by atoms with Crippen LogP contribution in [-0.4, -0.2) is 29.5 Å². The lowest BCUT2D eigenvalue weighted by Crippen LogP contribution is -2.04. The van der Waals surface area contributed by atoms with Crippen LogP contribution in [0.25, 0.3) is 50.6 Å². The molecule has 4 heterocycles. The number of rotatable bonds is 4. The second kappa shape index (κ2) is 8.13. The lowest BCUT2D eigenvalue weighted by molar-refractivity contribution is 0.818. The molecule has 0 fully saturated rings. The molecule has 2 aromatic carbocycles. The number of aromatic nitrogens is 6. The van der Waals surface area contributed by atoms with Gasteiger partial charge >= 0.3 is 0 Å². The number of nitrogens with zero attached hydrogens (tertiary/aromatic N) is 6. The fraction of sp³-hybridized carbons (Fsp3) is 0.0741. The summed E-state index contributed by atoms with van der Waals surface area (Å²) in [5.74, 6) is 1.12.